The molecule has 22 heavy (non-hydrogen) atoms. The Balaban J connectivity index is 2.08. The number of nitro groups is 2. The van der Waals surface area contributed by atoms with Crippen LogP contribution in [0, 0.1) is 27.2 Å². The first-order valence-electron chi connectivity index (χ1n) is 6.26. The summed E-state index contributed by atoms with van der Waals surface area (Å²) in [5, 5.41) is 25.3. The summed E-state index contributed by atoms with van der Waals surface area (Å²) in [6, 6.07) is 10.5. The number of anilines is 1. The van der Waals surface area contributed by atoms with E-state index in [9.17, 15) is 20.2 Å². The zero-order chi connectivity index (χ0) is 16.1. The van der Waals surface area contributed by atoms with E-state index in [4.69, 9.17) is 0 Å². The Labute approximate surface area is 125 Å². The molecule has 0 heterocycles. The molecule has 8 nitrogen and oxygen atoms in total. The van der Waals surface area contributed by atoms with Gasteiger partial charge in [0.2, 0.25) is 0 Å². The molecule has 0 aromatic heterocycles. The van der Waals surface area contributed by atoms with Crippen LogP contribution in [0.5, 0.6) is 0 Å². The van der Waals surface area contributed by atoms with Gasteiger partial charge in [-0.15, -0.1) is 0 Å². The van der Waals surface area contributed by atoms with Crippen LogP contribution in [-0.4, -0.2) is 16.1 Å². The molecular weight excluding hydrogens is 288 g/mol. The molecule has 0 unspecified atom stereocenters. The number of benzene rings is 2. The predicted octanol–water partition coefficient (Wildman–Crippen LogP) is 3.26. The molecule has 0 spiro atoms. The quantitative estimate of drug-likeness (QED) is 0.517. The van der Waals surface area contributed by atoms with E-state index in [2.05, 4.69) is 10.5 Å². The Morgan fingerprint density at radius 3 is 2.32 bits per heavy atom. The van der Waals surface area contributed by atoms with E-state index in [-0.39, 0.29) is 11.4 Å². The summed E-state index contributed by atoms with van der Waals surface area (Å²) in [6.45, 7) is 1.66. The maximum Gasteiger partial charge on any atom is 0.272 e. The molecule has 112 valence electrons. The summed E-state index contributed by atoms with van der Waals surface area (Å²) in [4.78, 5) is 20.4. The van der Waals surface area contributed by atoms with Crippen LogP contribution in [0.3, 0.4) is 0 Å². The fourth-order valence-electron chi connectivity index (χ4n) is 1.74. The summed E-state index contributed by atoms with van der Waals surface area (Å²) < 4.78 is 0. The summed E-state index contributed by atoms with van der Waals surface area (Å²) in [6.07, 6.45) is 1.44. The van der Waals surface area contributed by atoms with Crippen LogP contribution in [-0.2, 0) is 0 Å². The number of rotatable bonds is 5. The van der Waals surface area contributed by atoms with Crippen LogP contribution in [0.15, 0.2) is 47.6 Å². The van der Waals surface area contributed by atoms with Gasteiger partial charge in [-0.1, -0.05) is 12.1 Å². The number of non-ortho nitro benzene ring substituents is 1. The van der Waals surface area contributed by atoms with Crippen molar-refractivity contribution in [3.8, 4) is 0 Å². The molecule has 0 aliphatic carbocycles. The van der Waals surface area contributed by atoms with Gasteiger partial charge < -0.3 is 0 Å². The zero-order valence-corrected chi connectivity index (χ0v) is 11.6. The molecule has 8 heteroatoms. The van der Waals surface area contributed by atoms with Crippen molar-refractivity contribution < 1.29 is 9.85 Å². The first-order valence-corrected chi connectivity index (χ1v) is 6.26. The molecule has 0 bridgehead atoms. The molecule has 0 amide bonds. The molecule has 2 aromatic carbocycles. The highest BCUT2D eigenvalue weighted by Gasteiger charge is 2.09. The second kappa shape index (κ2) is 6.44. The number of aryl methyl sites for hydroxylation is 1. The molecular formula is C14H12N4O4. The van der Waals surface area contributed by atoms with Crippen molar-refractivity contribution in [1.29, 1.82) is 0 Å². The third-order valence-electron chi connectivity index (χ3n) is 2.92. The van der Waals surface area contributed by atoms with Gasteiger partial charge in [0, 0.05) is 29.3 Å². The van der Waals surface area contributed by atoms with Crippen molar-refractivity contribution in [1.82, 2.24) is 0 Å². The van der Waals surface area contributed by atoms with Crippen molar-refractivity contribution in [2.75, 3.05) is 5.43 Å². The smallest absolute Gasteiger partial charge is 0.272 e. The molecule has 0 aliphatic rings. The summed E-state index contributed by atoms with van der Waals surface area (Å²) in [7, 11) is 0. The minimum absolute atomic E-state index is 0.0105. The molecule has 1 N–H and O–H groups in total. The van der Waals surface area contributed by atoms with Crippen molar-refractivity contribution in [3.05, 3.63) is 73.8 Å². The molecule has 0 radical (unpaired) electrons. The molecule has 0 saturated heterocycles. The monoisotopic (exact) mass is 300 g/mol. The van der Waals surface area contributed by atoms with E-state index in [1.165, 1.54) is 36.5 Å². The number of hydrogen-bond donors (Lipinski definition) is 1. The fraction of sp³-hybridized carbons (Fsp3) is 0.0714. The highest BCUT2D eigenvalue weighted by molar-refractivity contribution is 5.81. The van der Waals surface area contributed by atoms with Crippen LogP contribution < -0.4 is 5.43 Å². The van der Waals surface area contributed by atoms with E-state index < -0.39 is 9.85 Å². The zero-order valence-electron chi connectivity index (χ0n) is 11.6. The number of nitrogens with one attached hydrogen (secondary N) is 1. The number of hydrogen-bond acceptors (Lipinski definition) is 6. The minimum atomic E-state index is -0.488. The predicted molar refractivity (Wildman–Crippen MR) is 82.1 cm³/mol. The van der Waals surface area contributed by atoms with Crippen LogP contribution in [0.4, 0.5) is 17.1 Å². The van der Waals surface area contributed by atoms with Gasteiger partial charge in [0.15, 0.2) is 0 Å². The van der Waals surface area contributed by atoms with Gasteiger partial charge in [-0.3, -0.25) is 25.7 Å². The maximum absolute atomic E-state index is 10.8. The Morgan fingerprint density at radius 1 is 1.05 bits per heavy atom. The molecule has 0 saturated carbocycles. The van der Waals surface area contributed by atoms with Crippen molar-refractivity contribution in [2.24, 2.45) is 5.10 Å². The number of nitro benzene ring substituents is 2. The van der Waals surface area contributed by atoms with Crippen LogP contribution in [0.2, 0.25) is 0 Å². The van der Waals surface area contributed by atoms with Gasteiger partial charge in [-0.25, -0.2) is 0 Å². The number of nitrogens with zero attached hydrogens (tertiary/aromatic N) is 3. The standard InChI is InChI=1S/C14H12N4O4/c1-10-2-3-11(8-14(10)18(21)22)9-15-16-12-4-6-13(7-5-12)17(19)20/h2-9,16H,1H3/b15-9+. The third kappa shape index (κ3) is 3.63. The van der Waals surface area contributed by atoms with Gasteiger partial charge in [0.05, 0.1) is 21.7 Å². The third-order valence-corrected chi connectivity index (χ3v) is 2.92. The van der Waals surface area contributed by atoms with Crippen molar-refractivity contribution >= 4 is 23.3 Å². The molecule has 2 aromatic rings. The topological polar surface area (TPSA) is 111 Å². The SMILES string of the molecule is Cc1ccc(/C=N/Nc2ccc([N+](=O)[O-])cc2)cc1[N+](=O)[O-]. The highest BCUT2D eigenvalue weighted by atomic mass is 16.6. The van der Waals surface area contributed by atoms with Crippen LogP contribution in [0.25, 0.3) is 0 Å². The van der Waals surface area contributed by atoms with Gasteiger partial charge >= 0.3 is 0 Å². The van der Waals surface area contributed by atoms with E-state index in [0.717, 1.165) is 0 Å². The highest BCUT2D eigenvalue weighted by Crippen LogP contribution is 2.18. The average molecular weight is 300 g/mol. The van der Waals surface area contributed by atoms with Crippen LogP contribution >= 0.6 is 0 Å². The Kier molecular flexibility index (Phi) is 4.42. The second-order valence-electron chi connectivity index (χ2n) is 4.48. The molecule has 0 fully saturated rings. The van der Waals surface area contributed by atoms with Crippen molar-refractivity contribution in [3.63, 3.8) is 0 Å². The molecule has 0 aliphatic heterocycles. The first-order chi connectivity index (χ1) is 10.5. The van der Waals surface area contributed by atoms with E-state index >= 15 is 0 Å². The normalized spacial score (nSPS) is 10.6. The van der Waals surface area contributed by atoms with E-state index in [0.29, 0.717) is 16.8 Å². The summed E-state index contributed by atoms with van der Waals surface area (Å²) >= 11 is 0. The minimum Gasteiger partial charge on any atom is -0.278 e. The van der Waals surface area contributed by atoms with Gasteiger partial charge in [0.25, 0.3) is 11.4 Å². The number of hydrazone groups is 1. The second-order valence-corrected chi connectivity index (χ2v) is 4.48. The fourth-order valence-corrected chi connectivity index (χ4v) is 1.74. The lowest BCUT2D eigenvalue weighted by molar-refractivity contribution is -0.385. The van der Waals surface area contributed by atoms with E-state index in [1.807, 2.05) is 0 Å². The Hall–Kier alpha value is -3.29. The summed E-state index contributed by atoms with van der Waals surface area (Å²) in [5.74, 6) is 0. The lowest BCUT2D eigenvalue weighted by Gasteiger charge is -2.00. The summed E-state index contributed by atoms with van der Waals surface area (Å²) in [5.41, 5.74) is 4.44. The Morgan fingerprint density at radius 2 is 1.73 bits per heavy atom. The van der Waals surface area contributed by atoms with Gasteiger partial charge in [-0.05, 0) is 19.1 Å². The van der Waals surface area contributed by atoms with Crippen LogP contribution in [0.1, 0.15) is 11.1 Å². The average Bonchev–Trinajstić information content (AvgIpc) is 2.49. The largest absolute Gasteiger partial charge is 0.278 e. The van der Waals surface area contributed by atoms with Gasteiger partial charge in [-0.2, -0.15) is 5.10 Å². The maximum atomic E-state index is 10.8. The van der Waals surface area contributed by atoms with Crippen molar-refractivity contribution in [2.45, 2.75) is 6.92 Å². The lowest BCUT2D eigenvalue weighted by atomic mass is 10.1. The first kappa shape index (κ1) is 15.1. The van der Waals surface area contributed by atoms with Gasteiger partial charge in [0.1, 0.15) is 0 Å². The molecule has 2 rings (SSSR count). The molecule has 0 atom stereocenters. The Bertz CT molecular complexity index is 741. The lowest BCUT2D eigenvalue weighted by Crippen LogP contribution is -1.95. The van der Waals surface area contributed by atoms with E-state index in [1.54, 1.807) is 19.1 Å².